The maximum atomic E-state index is 12.2. The number of nitrogens with zero attached hydrogens (tertiary/aromatic N) is 3. The largest absolute Gasteiger partial charge is 0.311 e. The van der Waals surface area contributed by atoms with E-state index >= 15 is 0 Å². The molecule has 3 rings (SSSR count). The standard InChI is InChI=1S/C14H11N5O2S2/c1-8(20)16-11-7-9(4-5-15-11)12(21)17-14-19-18-13(23-14)10-3-2-6-22-10/h2-7H,1H3,(H,15,16,20)(H,17,19,21). The van der Waals surface area contributed by atoms with Crippen molar-refractivity contribution in [2.24, 2.45) is 0 Å². The van der Waals surface area contributed by atoms with Crippen molar-refractivity contribution in [2.75, 3.05) is 10.6 Å². The van der Waals surface area contributed by atoms with Crippen molar-refractivity contribution in [2.45, 2.75) is 6.92 Å². The van der Waals surface area contributed by atoms with E-state index in [2.05, 4.69) is 25.8 Å². The third kappa shape index (κ3) is 3.76. The fraction of sp³-hybridized carbons (Fsp3) is 0.0714. The Kier molecular flexibility index (Phi) is 4.40. The highest BCUT2D eigenvalue weighted by Gasteiger charge is 2.12. The van der Waals surface area contributed by atoms with Crippen LogP contribution in [-0.4, -0.2) is 27.0 Å². The van der Waals surface area contributed by atoms with Gasteiger partial charge in [-0.1, -0.05) is 17.4 Å². The monoisotopic (exact) mass is 345 g/mol. The lowest BCUT2D eigenvalue weighted by atomic mass is 10.2. The van der Waals surface area contributed by atoms with E-state index in [1.807, 2.05) is 17.5 Å². The number of nitrogens with one attached hydrogen (secondary N) is 2. The van der Waals surface area contributed by atoms with E-state index in [1.54, 1.807) is 17.4 Å². The Balaban J connectivity index is 1.73. The van der Waals surface area contributed by atoms with Crippen LogP contribution in [-0.2, 0) is 4.79 Å². The van der Waals surface area contributed by atoms with E-state index in [4.69, 9.17) is 0 Å². The molecule has 116 valence electrons. The molecule has 0 saturated carbocycles. The average molecular weight is 345 g/mol. The Morgan fingerprint density at radius 2 is 2.04 bits per heavy atom. The summed E-state index contributed by atoms with van der Waals surface area (Å²) in [5, 5.41) is 16.4. The number of hydrogen-bond acceptors (Lipinski definition) is 7. The lowest BCUT2D eigenvalue weighted by molar-refractivity contribution is -0.114. The van der Waals surface area contributed by atoms with Crippen LogP contribution in [0.5, 0.6) is 0 Å². The number of carbonyl (C=O) groups excluding carboxylic acids is 2. The fourth-order valence-electron chi connectivity index (χ4n) is 1.76. The highest BCUT2D eigenvalue weighted by atomic mass is 32.1. The molecule has 0 radical (unpaired) electrons. The number of thiophene rings is 1. The first-order valence-electron chi connectivity index (χ1n) is 6.54. The molecule has 23 heavy (non-hydrogen) atoms. The molecule has 0 aliphatic heterocycles. The maximum absolute atomic E-state index is 12.2. The number of rotatable bonds is 4. The van der Waals surface area contributed by atoms with Gasteiger partial charge in [-0.2, -0.15) is 0 Å². The van der Waals surface area contributed by atoms with Gasteiger partial charge in [0.2, 0.25) is 11.0 Å². The smallest absolute Gasteiger partial charge is 0.257 e. The van der Waals surface area contributed by atoms with Gasteiger partial charge >= 0.3 is 0 Å². The van der Waals surface area contributed by atoms with Gasteiger partial charge in [0, 0.05) is 18.7 Å². The highest BCUT2D eigenvalue weighted by molar-refractivity contribution is 7.23. The van der Waals surface area contributed by atoms with Crippen LogP contribution in [0.2, 0.25) is 0 Å². The van der Waals surface area contributed by atoms with E-state index in [1.165, 1.54) is 30.5 Å². The van der Waals surface area contributed by atoms with Gasteiger partial charge in [0.05, 0.1) is 4.88 Å². The Morgan fingerprint density at radius 3 is 2.78 bits per heavy atom. The van der Waals surface area contributed by atoms with Gasteiger partial charge in [-0.15, -0.1) is 21.5 Å². The van der Waals surface area contributed by atoms with Crippen molar-refractivity contribution in [3.05, 3.63) is 41.4 Å². The molecule has 0 saturated heterocycles. The lowest BCUT2D eigenvalue weighted by Crippen LogP contribution is -2.13. The predicted octanol–water partition coefficient (Wildman–Crippen LogP) is 2.87. The van der Waals surface area contributed by atoms with E-state index in [0.29, 0.717) is 16.5 Å². The second kappa shape index (κ2) is 6.63. The molecule has 0 unspecified atom stereocenters. The quantitative estimate of drug-likeness (QED) is 0.758. The molecule has 9 heteroatoms. The second-order valence-electron chi connectivity index (χ2n) is 4.45. The number of pyridine rings is 1. The minimum Gasteiger partial charge on any atom is -0.311 e. The number of aromatic nitrogens is 3. The summed E-state index contributed by atoms with van der Waals surface area (Å²) in [5.41, 5.74) is 0.372. The molecule has 0 aliphatic rings. The van der Waals surface area contributed by atoms with Crippen LogP contribution in [0.1, 0.15) is 17.3 Å². The van der Waals surface area contributed by atoms with Crippen molar-refractivity contribution in [1.82, 2.24) is 15.2 Å². The van der Waals surface area contributed by atoms with Gasteiger partial charge in [0.25, 0.3) is 5.91 Å². The molecule has 0 spiro atoms. The summed E-state index contributed by atoms with van der Waals surface area (Å²) in [6.07, 6.45) is 1.46. The van der Waals surface area contributed by atoms with Gasteiger partial charge in [-0.05, 0) is 23.6 Å². The van der Waals surface area contributed by atoms with Crippen LogP contribution < -0.4 is 10.6 Å². The molecular weight excluding hydrogens is 334 g/mol. The topological polar surface area (TPSA) is 96.9 Å². The van der Waals surface area contributed by atoms with E-state index in [0.717, 1.165) is 9.88 Å². The average Bonchev–Trinajstić information content (AvgIpc) is 3.17. The molecule has 0 atom stereocenters. The first kappa shape index (κ1) is 15.3. The van der Waals surface area contributed by atoms with Gasteiger partial charge in [0.15, 0.2) is 5.01 Å². The van der Waals surface area contributed by atoms with Crippen LogP contribution in [0.3, 0.4) is 0 Å². The summed E-state index contributed by atoms with van der Waals surface area (Å²) in [6, 6.07) is 6.93. The fourth-order valence-corrected chi connectivity index (χ4v) is 3.29. The van der Waals surface area contributed by atoms with Gasteiger partial charge in [-0.3, -0.25) is 14.9 Å². The Morgan fingerprint density at radius 1 is 1.17 bits per heavy atom. The zero-order chi connectivity index (χ0) is 16.2. The van der Waals surface area contributed by atoms with Crippen LogP contribution >= 0.6 is 22.7 Å². The number of amides is 2. The van der Waals surface area contributed by atoms with Gasteiger partial charge in [-0.25, -0.2) is 4.98 Å². The lowest BCUT2D eigenvalue weighted by Gasteiger charge is -2.04. The molecule has 3 aromatic heterocycles. The van der Waals surface area contributed by atoms with Crippen LogP contribution in [0.25, 0.3) is 9.88 Å². The summed E-state index contributed by atoms with van der Waals surface area (Å²) in [6.45, 7) is 1.38. The normalized spacial score (nSPS) is 10.3. The summed E-state index contributed by atoms with van der Waals surface area (Å²) in [5.74, 6) is -0.269. The molecular formula is C14H11N5O2S2. The molecule has 2 N–H and O–H groups in total. The van der Waals surface area contributed by atoms with Gasteiger partial charge < -0.3 is 5.32 Å². The first-order valence-corrected chi connectivity index (χ1v) is 8.24. The molecule has 2 amide bonds. The predicted molar refractivity (Wildman–Crippen MR) is 89.7 cm³/mol. The molecule has 3 aromatic rings. The first-order chi connectivity index (χ1) is 11.1. The van der Waals surface area contributed by atoms with Crippen LogP contribution in [0.15, 0.2) is 35.8 Å². The third-order valence-corrected chi connectivity index (χ3v) is 4.58. The third-order valence-electron chi connectivity index (χ3n) is 2.70. The Labute approximate surface area is 139 Å². The second-order valence-corrected chi connectivity index (χ2v) is 6.38. The summed E-state index contributed by atoms with van der Waals surface area (Å²) in [7, 11) is 0. The Hall–Kier alpha value is -2.65. The molecule has 7 nitrogen and oxygen atoms in total. The van der Waals surface area contributed by atoms with Crippen molar-refractivity contribution < 1.29 is 9.59 Å². The minimum absolute atomic E-state index is 0.250. The zero-order valence-corrected chi connectivity index (χ0v) is 13.6. The van der Waals surface area contributed by atoms with Crippen LogP contribution in [0.4, 0.5) is 10.9 Å². The zero-order valence-electron chi connectivity index (χ0n) is 11.9. The van der Waals surface area contributed by atoms with E-state index in [-0.39, 0.29) is 11.8 Å². The summed E-state index contributed by atoms with van der Waals surface area (Å²) < 4.78 is 0. The van der Waals surface area contributed by atoms with Crippen molar-refractivity contribution in [3.8, 4) is 9.88 Å². The van der Waals surface area contributed by atoms with Gasteiger partial charge in [0.1, 0.15) is 5.82 Å². The SMILES string of the molecule is CC(=O)Nc1cc(C(=O)Nc2nnc(-c3cccs3)s2)ccn1. The highest BCUT2D eigenvalue weighted by Crippen LogP contribution is 2.29. The van der Waals surface area contributed by atoms with Crippen molar-refractivity contribution >= 4 is 45.4 Å². The summed E-state index contributed by atoms with van der Waals surface area (Å²) in [4.78, 5) is 28.2. The maximum Gasteiger partial charge on any atom is 0.257 e. The van der Waals surface area contributed by atoms with Crippen molar-refractivity contribution in [1.29, 1.82) is 0 Å². The molecule has 0 aromatic carbocycles. The number of carbonyl (C=O) groups is 2. The van der Waals surface area contributed by atoms with E-state index < -0.39 is 0 Å². The summed E-state index contributed by atoms with van der Waals surface area (Å²) >= 11 is 2.86. The van der Waals surface area contributed by atoms with Crippen molar-refractivity contribution in [3.63, 3.8) is 0 Å². The molecule has 0 fully saturated rings. The minimum atomic E-state index is -0.340. The number of anilines is 2. The molecule has 0 bridgehead atoms. The Bertz CT molecular complexity index is 844. The molecule has 0 aliphatic carbocycles. The molecule has 3 heterocycles. The number of hydrogen-bond donors (Lipinski definition) is 2. The van der Waals surface area contributed by atoms with E-state index in [9.17, 15) is 9.59 Å². The van der Waals surface area contributed by atoms with Crippen LogP contribution in [0, 0.1) is 0 Å².